The van der Waals surface area contributed by atoms with Gasteiger partial charge < -0.3 is 15.4 Å². The quantitative estimate of drug-likeness (QED) is 0.574. The molecule has 1 atom stereocenters. The van der Waals surface area contributed by atoms with E-state index < -0.39 is 11.7 Å². The lowest BCUT2D eigenvalue weighted by atomic mass is 10.0. The summed E-state index contributed by atoms with van der Waals surface area (Å²) in [5.74, 6) is 0.202. The highest BCUT2D eigenvalue weighted by Crippen LogP contribution is 2.32. The maximum absolute atomic E-state index is 12.7. The maximum Gasteiger partial charge on any atom is 0.417 e. The molecule has 8 heteroatoms. The highest BCUT2D eigenvalue weighted by molar-refractivity contribution is 5.85. The standard InChI is InChI=1S/C23H22F3N3O.ClH/c24-23(25,26)19-7-9-22(28-14-19)30-20-10-11-29(15-20)21-8-6-17(12-18(21)13-27)16-4-2-1-3-5-16;/h1-9,12,14,20H,10-11,13,15,27H2;1H/t20-;/m0./s1. The fraction of sp³-hybridized carbons (Fsp3) is 0.261. The van der Waals surface area contributed by atoms with Crippen molar-refractivity contribution in [2.24, 2.45) is 5.73 Å². The SMILES string of the molecule is Cl.NCc1cc(-c2ccccc2)ccc1N1CC[C@H](Oc2ccc(C(F)(F)F)cn2)C1. The third-order valence-electron chi connectivity index (χ3n) is 5.24. The third-order valence-corrected chi connectivity index (χ3v) is 5.24. The number of anilines is 1. The highest BCUT2D eigenvalue weighted by Gasteiger charge is 2.31. The fourth-order valence-electron chi connectivity index (χ4n) is 3.70. The number of nitrogens with zero attached hydrogens (tertiary/aromatic N) is 2. The summed E-state index contributed by atoms with van der Waals surface area (Å²) in [5, 5.41) is 0. The van der Waals surface area contributed by atoms with Crippen LogP contribution in [0.25, 0.3) is 11.1 Å². The Bertz CT molecular complexity index is 997. The van der Waals surface area contributed by atoms with E-state index in [1.807, 2.05) is 18.2 Å². The molecule has 31 heavy (non-hydrogen) atoms. The van der Waals surface area contributed by atoms with Crippen LogP contribution in [-0.2, 0) is 12.7 Å². The summed E-state index contributed by atoms with van der Waals surface area (Å²) in [6.45, 7) is 1.82. The van der Waals surface area contributed by atoms with Crippen LogP contribution in [0, 0.1) is 0 Å². The van der Waals surface area contributed by atoms with Gasteiger partial charge in [-0.05, 0) is 34.9 Å². The van der Waals surface area contributed by atoms with E-state index in [9.17, 15) is 13.2 Å². The highest BCUT2D eigenvalue weighted by atomic mass is 35.5. The van der Waals surface area contributed by atoms with Crippen molar-refractivity contribution in [3.05, 3.63) is 78.0 Å². The predicted molar refractivity (Wildman–Crippen MR) is 118 cm³/mol. The molecule has 0 bridgehead atoms. The first-order chi connectivity index (χ1) is 14.4. The zero-order valence-electron chi connectivity index (χ0n) is 16.7. The molecule has 3 aromatic rings. The van der Waals surface area contributed by atoms with E-state index in [-0.39, 0.29) is 24.4 Å². The number of halogens is 4. The van der Waals surface area contributed by atoms with Gasteiger partial charge in [0.05, 0.1) is 12.1 Å². The van der Waals surface area contributed by atoms with Gasteiger partial charge in [0, 0.05) is 37.5 Å². The molecule has 0 radical (unpaired) electrons. The summed E-state index contributed by atoms with van der Waals surface area (Å²) in [4.78, 5) is 6.00. The van der Waals surface area contributed by atoms with Crippen molar-refractivity contribution in [3.63, 3.8) is 0 Å². The Labute approximate surface area is 185 Å². The monoisotopic (exact) mass is 449 g/mol. The van der Waals surface area contributed by atoms with E-state index in [0.29, 0.717) is 13.1 Å². The Kier molecular flexibility index (Phi) is 7.08. The van der Waals surface area contributed by atoms with Gasteiger partial charge in [-0.3, -0.25) is 0 Å². The van der Waals surface area contributed by atoms with E-state index in [1.54, 1.807) is 0 Å². The second kappa shape index (κ2) is 9.58. The van der Waals surface area contributed by atoms with Crippen LogP contribution in [0.2, 0.25) is 0 Å². The number of pyridine rings is 1. The average molecular weight is 450 g/mol. The van der Waals surface area contributed by atoms with Crippen LogP contribution in [0.4, 0.5) is 18.9 Å². The molecule has 0 amide bonds. The molecule has 4 rings (SSSR count). The number of hydrogen-bond donors (Lipinski definition) is 1. The summed E-state index contributed by atoms with van der Waals surface area (Å²) in [6.07, 6.45) is -2.99. The van der Waals surface area contributed by atoms with E-state index in [1.165, 1.54) is 6.07 Å². The molecule has 0 aliphatic carbocycles. The molecule has 2 heterocycles. The summed E-state index contributed by atoms with van der Waals surface area (Å²) in [6, 6.07) is 18.6. The van der Waals surface area contributed by atoms with Crippen molar-refractivity contribution < 1.29 is 17.9 Å². The average Bonchev–Trinajstić information content (AvgIpc) is 3.22. The molecule has 1 aromatic heterocycles. The van der Waals surface area contributed by atoms with Gasteiger partial charge in [0.1, 0.15) is 6.10 Å². The molecular weight excluding hydrogens is 427 g/mol. The van der Waals surface area contributed by atoms with E-state index in [2.05, 4.69) is 40.2 Å². The Balaban J connectivity index is 0.00000272. The van der Waals surface area contributed by atoms with Crippen molar-refractivity contribution in [2.45, 2.75) is 25.2 Å². The van der Waals surface area contributed by atoms with Crippen LogP contribution in [0.1, 0.15) is 17.5 Å². The molecule has 1 saturated heterocycles. The first-order valence-corrected chi connectivity index (χ1v) is 9.77. The number of nitrogens with two attached hydrogens (primary N) is 1. The first-order valence-electron chi connectivity index (χ1n) is 9.77. The molecule has 0 unspecified atom stereocenters. The Hall–Kier alpha value is -2.77. The lowest BCUT2D eigenvalue weighted by Crippen LogP contribution is -2.26. The molecule has 164 valence electrons. The van der Waals surface area contributed by atoms with Crippen molar-refractivity contribution >= 4 is 18.1 Å². The van der Waals surface area contributed by atoms with Gasteiger partial charge >= 0.3 is 6.18 Å². The molecule has 0 saturated carbocycles. The van der Waals surface area contributed by atoms with Crippen LogP contribution in [-0.4, -0.2) is 24.2 Å². The zero-order valence-corrected chi connectivity index (χ0v) is 17.5. The van der Waals surface area contributed by atoms with Gasteiger partial charge in [0.15, 0.2) is 0 Å². The number of hydrogen-bond acceptors (Lipinski definition) is 4. The van der Waals surface area contributed by atoms with E-state index >= 15 is 0 Å². The second-order valence-corrected chi connectivity index (χ2v) is 7.27. The summed E-state index contributed by atoms with van der Waals surface area (Å²) >= 11 is 0. The smallest absolute Gasteiger partial charge is 0.417 e. The van der Waals surface area contributed by atoms with Crippen LogP contribution >= 0.6 is 12.4 Å². The van der Waals surface area contributed by atoms with Gasteiger partial charge in [0.25, 0.3) is 0 Å². The molecule has 4 nitrogen and oxygen atoms in total. The van der Waals surface area contributed by atoms with Gasteiger partial charge in [-0.25, -0.2) is 4.98 Å². The molecule has 1 aliphatic rings. The first kappa shape index (κ1) is 22.9. The normalized spacial score (nSPS) is 16.1. The number of ether oxygens (including phenoxy) is 1. The molecular formula is C23H23ClF3N3O. The van der Waals surface area contributed by atoms with Gasteiger partial charge in [-0.2, -0.15) is 13.2 Å². The van der Waals surface area contributed by atoms with E-state index in [4.69, 9.17) is 10.5 Å². The van der Waals surface area contributed by atoms with Crippen LogP contribution in [0.3, 0.4) is 0 Å². The summed E-state index contributed by atoms with van der Waals surface area (Å²) in [7, 11) is 0. The minimum absolute atomic E-state index is 0. The maximum atomic E-state index is 12.7. The summed E-state index contributed by atoms with van der Waals surface area (Å²) in [5.41, 5.74) is 9.58. The fourth-order valence-corrected chi connectivity index (χ4v) is 3.70. The van der Waals surface area contributed by atoms with Gasteiger partial charge in [0.2, 0.25) is 5.88 Å². The van der Waals surface area contributed by atoms with Crippen LogP contribution in [0.15, 0.2) is 66.9 Å². The van der Waals surface area contributed by atoms with Crippen molar-refractivity contribution in [3.8, 4) is 17.0 Å². The Morgan fingerprint density at radius 3 is 2.45 bits per heavy atom. The van der Waals surface area contributed by atoms with Gasteiger partial charge in [-0.1, -0.05) is 36.4 Å². The lowest BCUT2D eigenvalue weighted by Gasteiger charge is -2.22. The number of benzene rings is 2. The van der Waals surface area contributed by atoms with Crippen LogP contribution < -0.4 is 15.4 Å². The largest absolute Gasteiger partial charge is 0.472 e. The van der Waals surface area contributed by atoms with Crippen molar-refractivity contribution in [1.82, 2.24) is 4.98 Å². The van der Waals surface area contributed by atoms with Crippen molar-refractivity contribution in [1.29, 1.82) is 0 Å². The van der Waals surface area contributed by atoms with Crippen molar-refractivity contribution in [2.75, 3.05) is 18.0 Å². The molecule has 2 aromatic carbocycles. The third kappa shape index (κ3) is 5.29. The molecule has 2 N–H and O–H groups in total. The zero-order chi connectivity index (χ0) is 21.1. The van der Waals surface area contributed by atoms with E-state index in [0.717, 1.165) is 47.6 Å². The van der Waals surface area contributed by atoms with Crippen LogP contribution in [0.5, 0.6) is 5.88 Å². The molecule has 1 fully saturated rings. The predicted octanol–water partition coefficient (Wildman–Crippen LogP) is 5.31. The summed E-state index contributed by atoms with van der Waals surface area (Å²) < 4.78 is 43.8. The molecule has 0 spiro atoms. The number of rotatable bonds is 5. The molecule has 1 aliphatic heterocycles. The Morgan fingerprint density at radius 2 is 1.81 bits per heavy atom. The Morgan fingerprint density at radius 1 is 1.03 bits per heavy atom. The number of aromatic nitrogens is 1. The van der Waals surface area contributed by atoms with Gasteiger partial charge in [-0.15, -0.1) is 12.4 Å². The number of alkyl halides is 3. The minimum Gasteiger partial charge on any atom is -0.472 e. The topological polar surface area (TPSA) is 51.4 Å². The lowest BCUT2D eigenvalue weighted by molar-refractivity contribution is -0.137. The minimum atomic E-state index is -4.40. The second-order valence-electron chi connectivity index (χ2n) is 7.27.